The molecule has 0 radical (unpaired) electrons. The van der Waals surface area contributed by atoms with Crippen LogP contribution < -0.4 is 10.1 Å². The SMILES string of the molecule is CNCc1cc(-c2cc(F)cc(F)c2)ccc1OC. The van der Waals surface area contributed by atoms with E-state index in [-0.39, 0.29) is 0 Å². The zero-order valence-electron chi connectivity index (χ0n) is 10.8. The Morgan fingerprint density at radius 1 is 1.00 bits per heavy atom. The van der Waals surface area contributed by atoms with E-state index in [4.69, 9.17) is 4.74 Å². The highest BCUT2D eigenvalue weighted by atomic mass is 19.1. The molecule has 0 aliphatic heterocycles. The maximum Gasteiger partial charge on any atom is 0.126 e. The van der Waals surface area contributed by atoms with E-state index < -0.39 is 11.6 Å². The summed E-state index contributed by atoms with van der Waals surface area (Å²) in [5.74, 6) is -0.419. The minimum Gasteiger partial charge on any atom is -0.496 e. The molecule has 4 heteroatoms. The Morgan fingerprint density at radius 3 is 2.26 bits per heavy atom. The average molecular weight is 263 g/mol. The number of nitrogens with one attached hydrogen (secondary N) is 1. The van der Waals surface area contributed by atoms with Crippen molar-refractivity contribution in [2.24, 2.45) is 0 Å². The monoisotopic (exact) mass is 263 g/mol. The predicted molar refractivity (Wildman–Crippen MR) is 71.1 cm³/mol. The van der Waals surface area contributed by atoms with Gasteiger partial charge in [0.1, 0.15) is 17.4 Å². The van der Waals surface area contributed by atoms with Crippen LogP contribution in [0.25, 0.3) is 11.1 Å². The van der Waals surface area contributed by atoms with Gasteiger partial charge in [0.15, 0.2) is 0 Å². The van der Waals surface area contributed by atoms with Crippen LogP contribution in [0, 0.1) is 11.6 Å². The molecule has 100 valence electrons. The quantitative estimate of drug-likeness (QED) is 0.913. The molecule has 19 heavy (non-hydrogen) atoms. The summed E-state index contributed by atoms with van der Waals surface area (Å²) < 4.78 is 31.7. The number of hydrogen-bond acceptors (Lipinski definition) is 2. The fourth-order valence-corrected chi connectivity index (χ4v) is 2.01. The van der Waals surface area contributed by atoms with E-state index in [1.807, 2.05) is 13.1 Å². The molecule has 2 aromatic rings. The average Bonchev–Trinajstić information content (AvgIpc) is 2.38. The first-order valence-corrected chi connectivity index (χ1v) is 5.92. The lowest BCUT2D eigenvalue weighted by atomic mass is 10.0. The zero-order chi connectivity index (χ0) is 13.8. The van der Waals surface area contributed by atoms with Gasteiger partial charge in [0.05, 0.1) is 7.11 Å². The van der Waals surface area contributed by atoms with E-state index in [0.29, 0.717) is 12.1 Å². The van der Waals surface area contributed by atoms with Gasteiger partial charge in [-0.2, -0.15) is 0 Å². The Kier molecular flexibility index (Phi) is 4.12. The molecule has 0 saturated carbocycles. The van der Waals surface area contributed by atoms with Gasteiger partial charge in [-0.25, -0.2) is 8.78 Å². The maximum atomic E-state index is 13.2. The zero-order valence-corrected chi connectivity index (χ0v) is 10.8. The van der Waals surface area contributed by atoms with Gasteiger partial charge in [-0.15, -0.1) is 0 Å². The van der Waals surface area contributed by atoms with Crippen molar-refractivity contribution < 1.29 is 13.5 Å². The van der Waals surface area contributed by atoms with Gasteiger partial charge in [0, 0.05) is 18.2 Å². The Morgan fingerprint density at radius 2 is 1.68 bits per heavy atom. The van der Waals surface area contributed by atoms with Crippen LogP contribution in [0.2, 0.25) is 0 Å². The number of benzene rings is 2. The van der Waals surface area contributed by atoms with Gasteiger partial charge in [-0.1, -0.05) is 6.07 Å². The van der Waals surface area contributed by atoms with Crippen LogP contribution in [0.1, 0.15) is 5.56 Å². The molecule has 2 aromatic carbocycles. The Hall–Kier alpha value is -1.94. The van der Waals surface area contributed by atoms with E-state index in [9.17, 15) is 8.78 Å². The molecular weight excluding hydrogens is 248 g/mol. The number of ether oxygens (including phenoxy) is 1. The lowest BCUT2D eigenvalue weighted by molar-refractivity contribution is 0.408. The van der Waals surface area contributed by atoms with Crippen LogP contribution in [0.3, 0.4) is 0 Å². The molecule has 0 aliphatic carbocycles. The van der Waals surface area contributed by atoms with Gasteiger partial charge in [0.2, 0.25) is 0 Å². The Balaban J connectivity index is 2.47. The van der Waals surface area contributed by atoms with Gasteiger partial charge in [-0.3, -0.25) is 0 Å². The summed E-state index contributed by atoms with van der Waals surface area (Å²) >= 11 is 0. The van der Waals surface area contributed by atoms with Crippen molar-refractivity contribution >= 4 is 0 Å². The van der Waals surface area contributed by atoms with E-state index in [1.165, 1.54) is 12.1 Å². The molecule has 0 aliphatic rings. The third kappa shape index (κ3) is 3.09. The first-order chi connectivity index (χ1) is 9.13. The highest BCUT2D eigenvalue weighted by Crippen LogP contribution is 2.27. The summed E-state index contributed by atoms with van der Waals surface area (Å²) in [6.45, 7) is 0.620. The van der Waals surface area contributed by atoms with Crippen molar-refractivity contribution in [2.45, 2.75) is 6.54 Å². The molecule has 0 bridgehead atoms. The van der Waals surface area contributed by atoms with Crippen LogP contribution in [-0.2, 0) is 6.54 Å². The minimum atomic E-state index is -0.582. The van der Waals surface area contributed by atoms with E-state index in [1.54, 1.807) is 19.2 Å². The van der Waals surface area contributed by atoms with Crippen LogP contribution in [0.15, 0.2) is 36.4 Å². The molecule has 0 atom stereocenters. The minimum absolute atomic E-state index is 0.512. The molecule has 0 amide bonds. The van der Waals surface area contributed by atoms with Crippen molar-refractivity contribution in [3.8, 4) is 16.9 Å². The van der Waals surface area contributed by atoms with Gasteiger partial charge < -0.3 is 10.1 Å². The molecule has 1 N–H and O–H groups in total. The molecule has 0 heterocycles. The van der Waals surface area contributed by atoms with E-state index >= 15 is 0 Å². The highest BCUT2D eigenvalue weighted by Gasteiger charge is 2.07. The summed E-state index contributed by atoms with van der Waals surface area (Å²) in [5.41, 5.74) is 2.20. The van der Waals surface area contributed by atoms with Gasteiger partial charge in [-0.05, 0) is 42.4 Å². The van der Waals surface area contributed by atoms with Crippen LogP contribution in [-0.4, -0.2) is 14.2 Å². The van der Waals surface area contributed by atoms with E-state index in [0.717, 1.165) is 22.9 Å². The third-order valence-electron chi connectivity index (χ3n) is 2.84. The second kappa shape index (κ2) is 5.80. The number of rotatable bonds is 4. The van der Waals surface area contributed by atoms with Crippen LogP contribution in [0.5, 0.6) is 5.75 Å². The summed E-state index contributed by atoms with van der Waals surface area (Å²) in [4.78, 5) is 0. The first-order valence-electron chi connectivity index (χ1n) is 5.92. The van der Waals surface area contributed by atoms with Crippen molar-refractivity contribution in [3.05, 3.63) is 53.6 Å². The number of methoxy groups -OCH3 is 1. The summed E-state index contributed by atoms with van der Waals surface area (Å²) in [5, 5.41) is 3.03. The van der Waals surface area contributed by atoms with Crippen molar-refractivity contribution in [2.75, 3.05) is 14.2 Å². The third-order valence-corrected chi connectivity index (χ3v) is 2.84. The van der Waals surface area contributed by atoms with Gasteiger partial charge in [0.25, 0.3) is 0 Å². The Labute approximate surface area is 111 Å². The van der Waals surface area contributed by atoms with Crippen LogP contribution in [0.4, 0.5) is 8.78 Å². The number of halogens is 2. The second-order valence-corrected chi connectivity index (χ2v) is 4.22. The Bertz CT molecular complexity index is 564. The highest BCUT2D eigenvalue weighted by molar-refractivity contribution is 5.65. The van der Waals surface area contributed by atoms with Gasteiger partial charge >= 0.3 is 0 Å². The fourth-order valence-electron chi connectivity index (χ4n) is 2.01. The lowest BCUT2D eigenvalue weighted by Gasteiger charge is -2.11. The largest absolute Gasteiger partial charge is 0.496 e. The van der Waals surface area contributed by atoms with E-state index in [2.05, 4.69) is 5.32 Å². The maximum absolute atomic E-state index is 13.2. The second-order valence-electron chi connectivity index (χ2n) is 4.22. The van der Waals surface area contributed by atoms with Crippen molar-refractivity contribution in [3.63, 3.8) is 0 Å². The normalized spacial score (nSPS) is 10.5. The summed E-state index contributed by atoms with van der Waals surface area (Å²) in [6, 6.07) is 8.93. The smallest absolute Gasteiger partial charge is 0.126 e. The molecule has 0 unspecified atom stereocenters. The standard InChI is InChI=1S/C15H15F2NO/c1-18-9-12-5-10(3-4-15(12)19-2)11-6-13(16)8-14(17)7-11/h3-8,18H,9H2,1-2H3. The molecule has 2 nitrogen and oxygen atoms in total. The van der Waals surface area contributed by atoms with Crippen LogP contribution >= 0.6 is 0 Å². The summed E-state index contributed by atoms with van der Waals surface area (Å²) in [7, 11) is 3.42. The first kappa shape index (κ1) is 13.5. The topological polar surface area (TPSA) is 21.3 Å². The molecule has 0 saturated heterocycles. The lowest BCUT2D eigenvalue weighted by Crippen LogP contribution is -2.06. The summed E-state index contributed by atoms with van der Waals surface area (Å²) in [6.07, 6.45) is 0. The molecule has 0 fully saturated rings. The predicted octanol–water partition coefficient (Wildman–Crippen LogP) is 3.36. The molecule has 0 aromatic heterocycles. The number of hydrogen-bond donors (Lipinski definition) is 1. The molecule has 0 spiro atoms. The van der Waals surface area contributed by atoms with Crippen molar-refractivity contribution in [1.82, 2.24) is 5.32 Å². The molecule has 2 rings (SSSR count). The fraction of sp³-hybridized carbons (Fsp3) is 0.200. The molecular formula is C15H15F2NO. The van der Waals surface area contributed by atoms with Crippen molar-refractivity contribution in [1.29, 1.82) is 0 Å².